The Morgan fingerprint density at radius 1 is 1.31 bits per heavy atom. The first kappa shape index (κ1) is 10.4. The van der Waals surface area contributed by atoms with Gasteiger partial charge in [0.25, 0.3) is 0 Å². The fourth-order valence-corrected chi connectivity index (χ4v) is 1.79. The molecule has 1 fully saturated rings. The number of nitrogens with zero attached hydrogens (tertiary/aromatic N) is 1. The molecule has 0 spiro atoms. The molecule has 76 valence electrons. The molecule has 0 saturated heterocycles. The third-order valence-corrected chi connectivity index (χ3v) is 2.57. The van der Waals surface area contributed by atoms with Crippen LogP contribution in [-0.4, -0.2) is 12.4 Å². The maximum Gasteiger partial charge on any atom is 0.142 e. The second-order valence-electron chi connectivity index (χ2n) is 3.62. The lowest BCUT2D eigenvalue weighted by Crippen LogP contribution is -2.23. The summed E-state index contributed by atoms with van der Waals surface area (Å²) in [5.74, 6) is 1.16. The van der Waals surface area contributed by atoms with Crippen LogP contribution in [-0.2, 0) is 4.84 Å². The highest BCUT2D eigenvalue weighted by atomic mass is 16.6. The van der Waals surface area contributed by atoms with Gasteiger partial charge in [-0.25, -0.2) is 0 Å². The summed E-state index contributed by atoms with van der Waals surface area (Å²) in [5.41, 5.74) is 5.83. The van der Waals surface area contributed by atoms with Crippen LogP contribution in [0.4, 0.5) is 0 Å². The van der Waals surface area contributed by atoms with Crippen LogP contribution in [0.15, 0.2) is 5.16 Å². The van der Waals surface area contributed by atoms with Crippen molar-refractivity contribution in [2.75, 3.05) is 6.61 Å². The van der Waals surface area contributed by atoms with Gasteiger partial charge in [-0.2, -0.15) is 0 Å². The zero-order valence-electron chi connectivity index (χ0n) is 8.46. The van der Waals surface area contributed by atoms with Gasteiger partial charge in [-0.3, -0.25) is 0 Å². The van der Waals surface area contributed by atoms with Gasteiger partial charge < -0.3 is 10.6 Å². The smallest absolute Gasteiger partial charge is 0.142 e. The minimum Gasteiger partial charge on any atom is -0.395 e. The van der Waals surface area contributed by atoms with Gasteiger partial charge >= 0.3 is 0 Å². The van der Waals surface area contributed by atoms with Crippen molar-refractivity contribution in [3.8, 4) is 0 Å². The monoisotopic (exact) mass is 184 g/mol. The summed E-state index contributed by atoms with van der Waals surface area (Å²) < 4.78 is 0. The van der Waals surface area contributed by atoms with E-state index in [2.05, 4.69) is 5.16 Å². The van der Waals surface area contributed by atoms with Gasteiger partial charge in [0.1, 0.15) is 12.4 Å². The minimum atomic E-state index is 0.467. The standard InChI is InChI=1S/C10H20N2O/c1-2-13-12-10(11)9-7-5-3-4-6-8-9/h9H,2-8H2,1H3,(H2,11,12). The molecule has 0 radical (unpaired) electrons. The molecule has 1 rings (SSSR count). The summed E-state index contributed by atoms with van der Waals surface area (Å²) in [6.45, 7) is 2.53. The van der Waals surface area contributed by atoms with E-state index in [-0.39, 0.29) is 0 Å². The van der Waals surface area contributed by atoms with Crippen molar-refractivity contribution in [3.05, 3.63) is 0 Å². The molecule has 0 heterocycles. The number of hydrogen-bond acceptors (Lipinski definition) is 2. The van der Waals surface area contributed by atoms with Crippen LogP contribution in [0.25, 0.3) is 0 Å². The van der Waals surface area contributed by atoms with E-state index in [0.29, 0.717) is 18.4 Å². The molecule has 0 unspecified atom stereocenters. The highest BCUT2D eigenvalue weighted by molar-refractivity contribution is 5.82. The first-order valence-electron chi connectivity index (χ1n) is 5.30. The molecule has 0 bridgehead atoms. The van der Waals surface area contributed by atoms with Crippen LogP contribution >= 0.6 is 0 Å². The van der Waals surface area contributed by atoms with Gasteiger partial charge in [-0.15, -0.1) is 0 Å². The first-order chi connectivity index (χ1) is 6.34. The van der Waals surface area contributed by atoms with Crippen molar-refractivity contribution in [2.24, 2.45) is 16.8 Å². The first-order valence-corrected chi connectivity index (χ1v) is 5.30. The molecule has 1 aliphatic rings. The summed E-state index contributed by atoms with van der Waals surface area (Å²) in [6, 6.07) is 0. The van der Waals surface area contributed by atoms with Gasteiger partial charge in [0.05, 0.1) is 0 Å². The third-order valence-electron chi connectivity index (χ3n) is 2.57. The molecule has 3 nitrogen and oxygen atoms in total. The van der Waals surface area contributed by atoms with Crippen LogP contribution in [0.2, 0.25) is 0 Å². The van der Waals surface area contributed by atoms with Gasteiger partial charge in [-0.05, 0) is 19.8 Å². The lowest BCUT2D eigenvalue weighted by atomic mass is 10.00. The molecule has 1 aliphatic carbocycles. The van der Waals surface area contributed by atoms with Crippen molar-refractivity contribution in [1.82, 2.24) is 0 Å². The van der Waals surface area contributed by atoms with Crippen molar-refractivity contribution in [2.45, 2.75) is 45.4 Å². The summed E-state index contributed by atoms with van der Waals surface area (Å²) in [6.07, 6.45) is 7.63. The topological polar surface area (TPSA) is 47.6 Å². The molecule has 2 N–H and O–H groups in total. The average molecular weight is 184 g/mol. The van der Waals surface area contributed by atoms with Crippen LogP contribution < -0.4 is 5.73 Å². The number of amidine groups is 1. The van der Waals surface area contributed by atoms with Crippen molar-refractivity contribution >= 4 is 5.84 Å². The maximum atomic E-state index is 5.83. The lowest BCUT2D eigenvalue weighted by molar-refractivity contribution is 0.156. The Bertz CT molecular complexity index is 160. The van der Waals surface area contributed by atoms with E-state index in [0.717, 1.165) is 0 Å². The summed E-state index contributed by atoms with van der Waals surface area (Å²) in [5, 5.41) is 3.90. The molecular formula is C10H20N2O. The fraction of sp³-hybridized carbons (Fsp3) is 0.900. The number of oxime groups is 1. The maximum absolute atomic E-state index is 5.83. The predicted octanol–water partition coefficient (Wildman–Crippen LogP) is 2.27. The van der Waals surface area contributed by atoms with E-state index in [9.17, 15) is 0 Å². The molecule has 3 heteroatoms. The Hall–Kier alpha value is -0.730. The summed E-state index contributed by atoms with van der Waals surface area (Å²) in [4.78, 5) is 4.95. The second-order valence-corrected chi connectivity index (χ2v) is 3.62. The van der Waals surface area contributed by atoms with E-state index in [1.165, 1.54) is 38.5 Å². The van der Waals surface area contributed by atoms with Gasteiger partial charge in [0.15, 0.2) is 0 Å². The predicted molar refractivity (Wildman–Crippen MR) is 54.4 cm³/mol. The Morgan fingerprint density at radius 2 is 1.92 bits per heavy atom. The molecule has 0 aromatic heterocycles. The highest BCUT2D eigenvalue weighted by Gasteiger charge is 2.15. The van der Waals surface area contributed by atoms with Gasteiger partial charge in [-0.1, -0.05) is 30.8 Å². The largest absolute Gasteiger partial charge is 0.395 e. The van der Waals surface area contributed by atoms with E-state index in [1.807, 2.05) is 6.92 Å². The van der Waals surface area contributed by atoms with Gasteiger partial charge in [0, 0.05) is 5.92 Å². The Morgan fingerprint density at radius 3 is 2.46 bits per heavy atom. The normalized spacial score (nSPS) is 21.2. The summed E-state index contributed by atoms with van der Waals surface area (Å²) in [7, 11) is 0. The van der Waals surface area contributed by atoms with E-state index < -0.39 is 0 Å². The zero-order valence-corrected chi connectivity index (χ0v) is 8.46. The SMILES string of the molecule is CCO/N=C(\N)C1CCCCCC1. The third kappa shape index (κ3) is 3.66. The lowest BCUT2D eigenvalue weighted by Gasteiger charge is -2.11. The second kappa shape index (κ2) is 5.84. The number of hydrogen-bond donors (Lipinski definition) is 1. The molecule has 1 saturated carbocycles. The molecular weight excluding hydrogens is 164 g/mol. The van der Waals surface area contributed by atoms with Gasteiger partial charge in [0.2, 0.25) is 0 Å². The van der Waals surface area contributed by atoms with Crippen LogP contribution in [0.1, 0.15) is 45.4 Å². The van der Waals surface area contributed by atoms with Crippen molar-refractivity contribution in [1.29, 1.82) is 0 Å². The number of nitrogens with two attached hydrogens (primary N) is 1. The zero-order chi connectivity index (χ0) is 9.52. The average Bonchev–Trinajstić information content (AvgIpc) is 2.42. The fourth-order valence-electron chi connectivity index (χ4n) is 1.79. The van der Waals surface area contributed by atoms with E-state index in [1.54, 1.807) is 0 Å². The molecule has 13 heavy (non-hydrogen) atoms. The quantitative estimate of drug-likeness (QED) is 0.316. The van der Waals surface area contributed by atoms with Crippen LogP contribution in [0, 0.1) is 5.92 Å². The Labute approximate surface area is 80.3 Å². The Kier molecular flexibility index (Phi) is 4.65. The van der Waals surface area contributed by atoms with Crippen molar-refractivity contribution < 1.29 is 4.84 Å². The minimum absolute atomic E-state index is 0.467. The highest BCUT2D eigenvalue weighted by Crippen LogP contribution is 2.22. The molecule has 0 aromatic carbocycles. The number of rotatable bonds is 3. The van der Waals surface area contributed by atoms with Crippen LogP contribution in [0.3, 0.4) is 0 Å². The van der Waals surface area contributed by atoms with Crippen molar-refractivity contribution in [3.63, 3.8) is 0 Å². The Balaban J connectivity index is 2.38. The molecule has 0 aliphatic heterocycles. The van der Waals surface area contributed by atoms with E-state index in [4.69, 9.17) is 10.6 Å². The van der Waals surface area contributed by atoms with E-state index >= 15 is 0 Å². The molecule has 0 atom stereocenters. The molecule has 0 aromatic rings. The summed E-state index contributed by atoms with van der Waals surface area (Å²) >= 11 is 0. The molecule has 0 amide bonds. The van der Waals surface area contributed by atoms with Crippen LogP contribution in [0.5, 0.6) is 0 Å².